The van der Waals surface area contributed by atoms with Gasteiger partial charge in [0.25, 0.3) is 5.69 Å². The van der Waals surface area contributed by atoms with E-state index in [9.17, 15) is 24.1 Å². The van der Waals surface area contributed by atoms with E-state index in [1.165, 1.54) is 35.9 Å². The predicted octanol–water partition coefficient (Wildman–Crippen LogP) is 4.18. The van der Waals surface area contributed by atoms with E-state index < -0.39 is 16.6 Å². The van der Waals surface area contributed by atoms with Gasteiger partial charge in [0.15, 0.2) is 0 Å². The van der Waals surface area contributed by atoms with Crippen LogP contribution in [0.15, 0.2) is 60.7 Å². The van der Waals surface area contributed by atoms with E-state index >= 15 is 0 Å². The Balaban J connectivity index is 1.97. The number of carbonyl (C=O) groups excluding carboxylic acids is 2. The SMILES string of the molecule is CC(=O)n1nc(-c2ccc(F)cc2)c2cc(-c3ccc(C(N)=O)cc3[N+](=O)[O-])ccc21. The topological polar surface area (TPSA) is 121 Å². The molecule has 0 aliphatic rings. The molecule has 1 aromatic heterocycles. The first-order valence-electron chi connectivity index (χ1n) is 9.14. The van der Waals surface area contributed by atoms with Gasteiger partial charge in [-0.15, -0.1) is 0 Å². The molecule has 2 N–H and O–H groups in total. The Hall–Kier alpha value is -4.40. The Morgan fingerprint density at radius 3 is 2.32 bits per heavy atom. The van der Waals surface area contributed by atoms with Gasteiger partial charge >= 0.3 is 0 Å². The summed E-state index contributed by atoms with van der Waals surface area (Å²) in [6.07, 6.45) is 0. The van der Waals surface area contributed by atoms with Gasteiger partial charge in [-0.25, -0.2) is 4.39 Å². The van der Waals surface area contributed by atoms with Crippen molar-refractivity contribution in [3.8, 4) is 22.4 Å². The average Bonchev–Trinajstić information content (AvgIpc) is 3.13. The molecule has 8 nitrogen and oxygen atoms in total. The van der Waals surface area contributed by atoms with Gasteiger partial charge in [0.2, 0.25) is 11.8 Å². The van der Waals surface area contributed by atoms with Crippen LogP contribution in [0, 0.1) is 15.9 Å². The number of benzene rings is 3. The highest BCUT2D eigenvalue weighted by molar-refractivity contribution is 6.01. The van der Waals surface area contributed by atoms with Crippen LogP contribution in [0.1, 0.15) is 22.1 Å². The van der Waals surface area contributed by atoms with Crippen LogP contribution in [0.3, 0.4) is 0 Å². The van der Waals surface area contributed by atoms with Crippen LogP contribution in [0.5, 0.6) is 0 Å². The van der Waals surface area contributed by atoms with Crippen LogP contribution in [0.25, 0.3) is 33.3 Å². The lowest BCUT2D eigenvalue weighted by atomic mass is 9.98. The molecular weight excluding hydrogens is 403 g/mol. The number of nitrogens with zero attached hydrogens (tertiary/aromatic N) is 3. The largest absolute Gasteiger partial charge is 0.366 e. The quantitative estimate of drug-likeness (QED) is 0.394. The van der Waals surface area contributed by atoms with E-state index in [-0.39, 0.29) is 22.7 Å². The van der Waals surface area contributed by atoms with E-state index in [1.807, 2.05) is 0 Å². The summed E-state index contributed by atoms with van der Waals surface area (Å²) in [5.41, 5.74) is 7.27. The van der Waals surface area contributed by atoms with Crippen LogP contribution in [-0.4, -0.2) is 26.5 Å². The Bertz CT molecular complexity index is 1380. The van der Waals surface area contributed by atoms with Crippen LogP contribution < -0.4 is 5.73 Å². The van der Waals surface area contributed by atoms with Crippen LogP contribution in [0.4, 0.5) is 10.1 Å². The monoisotopic (exact) mass is 418 g/mol. The molecule has 1 amide bonds. The first kappa shape index (κ1) is 19.9. The van der Waals surface area contributed by atoms with Crippen LogP contribution in [-0.2, 0) is 0 Å². The highest BCUT2D eigenvalue weighted by Crippen LogP contribution is 2.36. The number of rotatable bonds is 4. The van der Waals surface area contributed by atoms with Gasteiger partial charge in [0.05, 0.1) is 16.0 Å². The molecule has 0 atom stereocenters. The summed E-state index contributed by atoms with van der Waals surface area (Å²) in [7, 11) is 0. The number of hydrogen-bond donors (Lipinski definition) is 1. The summed E-state index contributed by atoms with van der Waals surface area (Å²) in [5.74, 6) is -1.50. The fourth-order valence-electron chi connectivity index (χ4n) is 3.43. The molecule has 0 radical (unpaired) electrons. The molecule has 3 aromatic carbocycles. The standard InChI is InChI=1S/C22H15FN4O4/c1-12(28)26-19-9-5-14(17-8-4-15(22(24)29)11-20(17)27(30)31)10-18(19)21(25-26)13-2-6-16(23)7-3-13/h2-11H,1H3,(H2,24,29). The molecule has 0 saturated heterocycles. The van der Waals surface area contributed by atoms with Crippen molar-refractivity contribution >= 4 is 28.4 Å². The van der Waals surface area contributed by atoms with Gasteiger partial charge < -0.3 is 5.73 Å². The first-order chi connectivity index (χ1) is 14.8. The zero-order chi connectivity index (χ0) is 22.3. The van der Waals surface area contributed by atoms with E-state index in [0.29, 0.717) is 27.7 Å². The second-order valence-electron chi connectivity index (χ2n) is 6.87. The summed E-state index contributed by atoms with van der Waals surface area (Å²) in [5, 5.41) is 16.5. The zero-order valence-electron chi connectivity index (χ0n) is 16.2. The van der Waals surface area contributed by atoms with E-state index in [4.69, 9.17) is 5.73 Å². The smallest absolute Gasteiger partial charge is 0.277 e. The van der Waals surface area contributed by atoms with Crippen LogP contribution >= 0.6 is 0 Å². The van der Waals surface area contributed by atoms with E-state index in [0.717, 1.165) is 6.07 Å². The van der Waals surface area contributed by atoms with Gasteiger partial charge in [0, 0.05) is 29.5 Å². The zero-order valence-corrected chi connectivity index (χ0v) is 16.2. The second kappa shape index (κ2) is 7.45. The number of aromatic nitrogens is 2. The van der Waals surface area contributed by atoms with E-state index in [1.54, 1.807) is 30.3 Å². The molecule has 9 heteroatoms. The molecule has 0 bridgehead atoms. The maximum absolute atomic E-state index is 13.4. The Labute approximate surface area is 174 Å². The lowest BCUT2D eigenvalue weighted by Crippen LogP contribution is -2.11. The van der Waals surface area contributed by atoms with Crippen molar-refractivity contribution in [3.05, 3.63) is 82.2 Å². The lowest BCUT2D eigenvalue weighted by molar-refractivity contribution is -0.384. The van der Waals surface area contributed by atoms with Crippen molar-refractivity contribution in [1.29, 1.82) is 0 Å². The van der Waals surface area contributed by atoms with Crippen molar-refractivity contribution in [2.45, 2.75) is 6.92 Å². The number of amides is 1. The minimum Gasteiger partial charge on any atom is -0.366 e. The Morgan fingerprint density at radius 2 is 1.71 bits per heavy atom. The molecule has 4 aromatic rings. The molecule has 4 rings (SSSR count). The van der Waals surface area contributed by atoms with Gasteiger partial charge in [0.1, 0.15) is 11.5 Å². The molecule has 1 heterocycles. The van der Waals surface area contributed by atoms with Gasteiger partial charge in [-0.2, -0.15) is 9.78 Å². The molecule has 0 saturated carbocycles. The first-order valence-corrected chi connectivity index (χ1v) is 9.14. The van der Waals surface area contributed by atoms with Crippen molar-refractivity contribution in [2.24, 2.45) is 5.73 Å². The third-order valence-electron chi connectivity index (χ3n) is 4.89. The van der Waals surface area contributed by atoms with E-state index in [2.05, 4.69) is 5.10 Å². The average molecular weight is 418 g/mol. The lowest BCUT2D eigenvalue weighted by Gasteiger charge is -2.06. The Kier molecular flexibility index (Phi) is 4.78. The van der Waals surface area contributed by atoms with Crippen molar-refractivity contribution < 1.29 is 18.9 Å². The van der Waals surface area contributed by atoms with Crippen molar-refractivity contribution in [1.82, 2.24) is 9.78 Å². The number of primary amides is 1. The predicted molar refractivity (Wildman–Crippen MR) is 112 cm³/mol. The number of carbonyl (C=O) groups is 2. The summed E-state index contributed by atoms with van der Waals surface area (Å²) >= 11 is 0. The molecule has 154 valence electrons. The number of nitro groups is 1. The summed E-state index contributed by atoms with van der Waals surface area (Å²) in [6.45, 7) is 1.36. The molecular formula is C22H15FN4O4. The minimum atomic E-state index is -0.772. The fourth-order valence-corrected chi connectivity index (χ4v) is 3.43. The summed E-state index contributed by atoms with van der Waals surface area (Å²) < 4.78 is 14.6. The number of nitrogens with two attached hydrogens (primary N) is 1. The number of fused-ring (bicyclic) bond motifs is 1. The van der Waals surface area contributed by atoms with Crippen LogP contribution in [0.2, 0.25) is 0 Å². The molecule has 0 spiro atoms. The highest BCUT2D eigenvalue weighted by Gasteiger charge is 2.21. The number of halogens is 1. The molecule has 0 unspecified atom stereocenters. The van der Waals surface area contributed by atoms with Gasteiger partial charge in [-0.1, -0.05) is 6.07 Å². The van der Waals surface area contributed by atoms with Gasteiger partial charge in [-0.05, 0) is 54.1 Å². The van der Waals surface area contributed by atoms with Gasteiger partial charge in [-0.3, -0.25) is 19.7 Å². The van der Waals surface area contributed by atoms with Crippen molar-refractivity contribution in [3.63, 3.8) is 0 Å². The van der Waals surface area contributed by atoms with Crippen molar-refractivity contribution in [2.75, 3.05) is 0 Å². The molecule has 0 fully saturated rings. The highest BCUT2D eigenvalue weighted by atomic mass is 19.1. The maximum atomic E-state index is 13.4. The molecule has 0 aliphatic heterocycles. The Morgan fingerprint density at radius 1 is 1.03 bits per heavy atom. The summed E-state index contributed by atoms with van der Waals surface area (Å²) in [6, 6.07) is 14.6. The second-order valence-corrected chi connectivity index (χ2v) is 6.87. The molecule has 0 aliphatic carbocycles. The third-order valence-corrected chi connectivity index (χ3v) is 4.89. The molecule has 31 heavy (non-hydrogen) atoms. The maximum Gasteiger partial charge on any atom is 0.277 e. The number of hydrogen-bond acceptors (Lipinski definition) is 5. The number of nitro benzene ring substituents is 1. The third kappa shape index (κ3) is 3.52. The summed E-state index contributed by atoms with van der Waals surface area (Å²) in [4.78, 5) is 34.5. The fraction of sp³-hybridized carbons (Fsp3) is 0.0455. The normalized spacial score (nSPS) is 10.9. The minimum absolute atomic E-state index is 0.0212.